The molecular formula is C7H18Cl2N2O2. The Hall–Kier alpha value is -0.0300. The van der Waals surface area contributed by atoms with Crippen LogP contribution < -0.4 is 30.5 Å². The topological polar surface area (TPSA) is 64.9 Å². The number of rotatable bonds is 4. The molecule has 0 fully saturated rings. The third-order valence-corrected chi connectivity index (χ3v) is 1.27. The maximum atomic E-state index is 10.2. The van der Waals surface area contributed by atoms with E-state index in [2.05, 4.69) is 5.73 Å². The van der Waals surface area contributed by atoms with Gasteiger partial charge in [0.15, 0.2) is 0 Å². The monoisotopic (exact) mass is 232 g/mol. The molecule has 0 aromatic rings. The minimum atomic E-state index is -0.765. The summed E-state index contributed by atoms with van der Waals surface area (Å²) < 4.78 is 0.765. The van der Waals surface area contributed by atoms with Gasteiger partial charge in [-0.2, -0.15) is 0 Å². The molecule has 4 nitrogen and oxygen atoms in total. The van der Waals surface area contributed by atoms with E-state index in [0.29, 0.717) is 0 Å². The Bertz CT molecular complexity index is 148. The first-order chi connectivity index (χ1) is 4.81. The lowest BCUT2D eigenvalue weighted by molar-refractivity contribution is -0.880. The van der Waals surface area contributed by atoms with Gasteiger partial charge in [-0.05, 0) is 0 Å². The Morgan fingerprint density at radius 1 is 1.38 bits per heavy atom. The zero-order valence-electron chi connectivity index (χ0n) is 8.26. The summed E-state index contributed by atoms with van der Waals surface area (Å²) in [6.45, 7) is 0.798. The van der Waals surface area contributed by atoms with Crippen LogP contribution in [0.5, 0.6) is 0 Å². The third-order valence-electron chi connectivity index (χ3n) is 1.27. The molecule has 0 unspecified atom stereocenters. The highest BCUT2D eigenvalue weighted by Gasteiger charge is 2.19. The van der Waals surface area contributed by atoms with Gasteiger partial charge in [-0.3, -0.25) is 4.79 Å². The predicted molar refractivity (Wildman–Crippen MR) is 41.8 cm³/mol. The molecule has 0 bridgehead atoms. The average molecular weight is 233 g/mol. The molecule has 0 spiro atoms. The smallest absolute Gasteiger partial charge is 0.309 e. The van der Waals surface area contributed by atoms with E-state index in [-0.39, 0.29) is 37.3 Å². The largest absolute Gasteiger partial charge is 1.00 e. The Kier molecular flexibility index (Phi) is 10.6. The SMILES string of the molecule is C[N+](C)(C)C[C@@H]([NH3+])CC(=O)O.[Cl-].[Cl-]. The standard InChI is InChI=1S/C7H16N2O2.2ClH/c1-9(2,3)5-6(8)4-7(10)11;;/h6H,4-5,8H2,1-3H3;2*1H/t6-;;/m0../s1. The number of quaternary nitrogens is 2. The maximum absolute atomic E-state index is 10.2. The van der Waals surface area contributed by atoms with Crippen LogP contribution in [-0.2, 0) is 4.79 Å². The van der Waals surface area contributed by atoms with E-state index in [1.807, 2.05) is 21.1 Å². The predicted octanol–water partition coefficient (Wildman–Crippen LogP) is -7.21. The summed E-state index contributed by atoms with van der Waals surface area (Å²) >= 11 is 0. The van der Waals surface area contributed by atoms with Crippen LogP contribution in [0.2, 0.25) is 0 Å². The second kappa shape index (κ2) is 7.38. The molecule has 4 N–H and O–H groups in total. The molecule has 0 rings (SSSR count). The van der Waals surface area contributed by atoms with Crippen LogP contribution in [0.1, 0.15) is 6.42 Å². The van der Waals surface area contributed by atoms with Gasteiger partial charge in [-0.1, -0.05) is 0 Å². The summed E-state index contributed by atoms with van der Waals surface area (Å²) in [5.74, 6) is -0.765. The van der Waals surface area contributed by atoms with Gasteiger partial charge in [0.25, 0.3) is 0 Å². The molecule has 13 heavy (non-hydrogen) atoms. The second-order valence-electron chi connectivity index (χ2n) is 3.94. The Morgan fingerprint density at radius 2 is 1.77 bits per heavy atom. The summed E-state index contributed by atoms with van der Waals surface area (Å²) in [7, 11) is 6.08. The van der Waals surface area contributed by atoms with E-state index < -0.39 is 5.97 Å². The molecule has 0 radical (unpaired) electrons. The Labute approximate surface area is 91.5 Å². The van der Waals surface area contributed by atoms with Crippen molar-refractivity contribution >= 4 is 5.97 Å². The van der Waals surface area contributed by atoms with Gasteiger partial charge < -0.3 is 40.1 Å². The molecule has 0 aromatic heterocycles. The molecule has 6 heteroatoms. The van der Waals surface area contributed by atoms with Crippen LogP contribution in [0.4, 0.5) is 0 Å². The number of likely N-dealkylation sites (N-methyl/N-ethyl adjacent to an activating group) is 1. The van der Waals surface area contributed by atoms with E-state index in [4.69, 9.17) is 5.11 Å². The molecule has 0 aromatic carbocycles. The highest BCUT2D eigenvalue weighted by molar-refractivity contribution is 5.67. The Morgan fingerprint density at radius 3 is 2.00 bits per heavy atom. The first-order valence-corrected chi connectivity index (χ1v) is 3.66. The molecular weight excluding hydrogens is 215 g/mol. The number of carboxylic acid groups (broad SMARTS) is 1. The van der Waals surface area contributed by atoms with Gasteiger partial charge in [0, 0.05) is 0 Å². The van der Waals surface area contributed by atoms with E-state index in [1.54, 1.807) is 0 Å². The molecule has 0 saturated heterocycles. The van der Waals surface area contributed by atoms with Gasteiger partial charge in [0.05, 0.1) is 21.1 Å². The number of carboxylic acids is 1. The summed E-state index contributed by atoms with van der Waals surface area (Å²) in [6, 6.07) is 0.00694. The lowest BCUT2D eigenvalue weighted by atomic mass is 10.2. The maximum Gasteiger partial charge on any atom is 0.309 e. The quantitative estimate of drug-likeness (QED) is 0.474. The van der Waals surface area contributed by atoms with Gasteiger partial charge in [-0.25, -0.2) is 0 Å². The number of aliphatic carboxylic acids is 1. The number of nitrogens with zero attached hydrogens (tertiary/aromatic N) is 1. The van der Waals surface area contributed by atoms with Crippen LogP contribution in [0.25, 0.3) is 0 Å². The molecule has 1 atom stereocenters. The third kappa shape index (κ3) is 14.8. The zero-order chi connectivity index (χ0) is 9.07. The average Bonchev–Trinajstić information content (AvgIpc) is 1.53. The summed E-state index contributed by atoms with van der Waals surface area (Å²) in [6.07, 6.45) is 0.162. The van der Waals surface area contributed by atoms with Crippen LogP contribution >= 0.6 is 0 Å². The van der Waals surface area contributed by atoms with Crippen molar-refractivity contribution in [2.45, 2.75) is 12.5 Å². The highest BCUT2D eigenvalue weighted by atomic mass is 35.5. The van der Waals surface area contributed by atoms with Gasteiger partial charge in [0.2, 0.25) is 0 Å². The van der Waals surface area contributed by atoms with Gasteiger partial charge >= 0.3 is 5.97 Å². The van der Waals surface area contributed by atoms with E-state index in [1.165, 1.54) is 0 Å². The first kappa shape index (κ1) is 18.7. The lowest BCUT2D eigenvalue weighted by Crippen LogP contribution is -3.00. The van der Waals surface area contributed by atoms with E-state index in [0.717, 1.165) is 11.0 Å². The number of hydrogen-bond donors (Lipinski definition) is 2. The molecule has 0 aliphatic heterocycles. The van der Waals surface area contributed by atoms with Crippen molar-refractivity contribution < 1.29 is 44.9 Å². The van der Waals surface area contributed by atoms with Crippen LogP contribution in [0.3, 0.4) is 0 Å². The van der Waals surface area contributed by atoms with E-state index in [9.17, 15) is 4.79 Å². The fraction of sp³-hybridized carbons (Fsp3) is 0.857. The summed E-state index contributed by atoms with van der Waals surface area (Å²) in [5.41, 5.74) is 3.77. The van der Waals surface area contributed by atoms with Crippen molar-refractivity contribution in [3.05, 3.63) is 0 Å². The molecule has 82 valence electrons. The lowest BCUT2D eigenvalue weighted by Gasteiger charge is -2.24. The van der Waals surface area contributed by atoms with Crippen LogP contribution in [0, 0.1) is 0 Å². The van der Waals surface area contributed by atoms with Crippen molar-refractivity contribution in [2.75, 3.05) is 27.7 Å². The van der Waals surface area contributed by atoms with Crippen molar-refractivity contribution in [2.24, 2.45) is 0 Å². The van der Waals surface area contributed by atoms with Crippen molar-refractivity contribution in [1.29, 1.82) is 0 Å². The summed E-state index contributed by atoms with van der Waals surface area (Å²) in [5, 5.41) is 8.43. The fourth-order valence-corrected chi connectivity index (χ4v) is 1.09. The van der Waals surface area contributed by atoms with Crippen molar-refractivity contribution in [3.63, 3.8) is 0 Å². The molecule has 0 heterocycles. The van der Waals surface area contributed by atoms with E-state index >= 15 is 0 Å². The minimum Gasteiger partial charge on any atom is -1.00 e. The molecule has 0 aliphatic carbocycles. The highest BCUT2D eigenvalue weighted by Crippen LogP contribution is 1.94. The van der Waals surface area contributed by atoms with Crippen molar-refractivity contribution in [3.8, 4) is 0 Å². The molecule has 0 aliphatic rings. The normalized spacial score (nSPS) is 12.3. The molecule has 0 saturated carbocycles. The van der Waals surface area contributed by atoms with Gasteiger partial charge in [-0.15, -0.1) is 0 Å². The zero-order valence-corrected chi connectivity index (χ0v) is 9.77. The minimum absolute atomic E-state index is 0. The van der Waals surface area contributed by atoms with Gasteiger partial charge in [0.1, 0.15) is 19.0 Å². The Balaban J connectivity index is -0.000000500. The van der Waals surface area contributed by atoms with Crippen LogP contribution in [-0.4, -0.2) is 49.3 Å². The number of carbonyl (C=O) groups is 1. The second-order valence-corrected chi connectivity index (χ2v) is 3.94. The number of halogens is 2. The van der Waals surface area contributed by atoms with Crippen LogP contribution in [0.15, 0.2) is 0 Å². The fourth-order valence-electron chi connectivity index (χ4n) is 1.09. The molecule has 0 amide bonds. The summed E-state index contributed by atoms with van der Waals surface area (Å²) in [4.78, 5) is 10.2. The number of hydrogen-bond acceptors (Lipinski definition) is 1. The van der Waals surface area contributed by atoms with Crippen molar-refractivity contribution in [1.82, 2.24) is 0 Å². The first-order valence-electron chi connectivity index (χ1n) is 3.66.